The zero-order chi connectivity index (χ0) is 15.2. The highest BCUT2D eigenvalue weighted by Gasteiger charge is 2.11. The molecule has 0 saturated heterocycles. The van der Waals surface area contributed by atoms with Crippen LogP contribution in [-0.2, 0) is 0 Å². The molecule has 0 bridgehead atoms. The second kappa shape index (κ2) is 7.33. The molecule has 0 aliphatic rings. The number of ether oxygens (including phenoxy) is 2. The van der Waals surface area contributed by atoms with Crippen LogP contribution in [0.25, 0.3) is 0 Å². The molecule has 2 aromatic carbocycles. The molecule has 0 saturated carbocycles. The van der Waals surface area contributed by atoms with E-state index in [9.17, 15) is 4.39 Å². The predicted molar refractivity (Wildman–Crippen MR) is 83.6 cm³/mol. The highest BCUT2D eigenvalue weighted by atomic mass is 32.2. The normalized spacial score (nSPS) is 12.0. The van der Waals surface area contributed by atoms with Gasteiger partial charge in [0.15, 0.2) is 11.5 Å². The summed E-state index contributed by atoms with van der Waals surface area (Å²) >= 11 is 1.52. The molecule has 0 heterocycles. The monoisotopic (exact) mass is 307 g/mol. The molecule has 0 aliphatic carbocycles. The lowest BCUT2D eigenvalue weighted by Crippen LogP contribution is -2.13. The van der Waals surface area contributed by atoms with E-state index < -0.39 is 0 Å². The second-order valence-electron chi connectivity index (χ2n) is 4.49. The average Bonchev–Trinajstić information content (AvgIpc) is 2.52. The van der Waals surface area contributed by atoms with Crippen LogP contribution >= 0.6 is 11.8 Å². The van der Waals surface area contributed by atoms with E-state index in [1.807, 2.05) is 24.3 Å². The van der Waals surface area contributed by atoms with Crippen LogP contribution in [0.1, 0.15) is 11.6 Å². The van der Waals surface area contributed by atoms with Crippen molar-refractivity contribution in [2.45, 2.75) is 10.9 Å². The lowest BCUT2D eigenvalue weighted by molar-refractivity contribution is 0.354. The summed E-state index contributed by atoms with van der Waals surface area (Å²) in [5.74, 6) is 1.74. The minimum atomic E-state index is -0.236. The van der Waals surface area contributed by atoms with Crippen molar-refractivity contribution >= 4 is 11.8 Å². The minimum Gasteiger partial charge on any atom is -0.493 e. The van der Waals surface area contributed by atoms with Crippen LogP contribution in [0.3, 0.4) is 0 Å². The smallest absolute Gasteiger partial charge is 0.161 e. The fraction of sp³-hybridized carbons (Fsp3) is 0.250. The summed E-state index contributed by atoms with van der Waals surface area (Å²) in [6.07, 6.45) is 0. The van der Waals surface area contributed by atoms with Gasteiger partial charge < -0.3 is 15.2 Å². The Morgan fingerprint density at radius 2 is 1.86 bits per heavy atom. The van der Waals surface area contributed by atoms with Crippen molar-refractivity contribution in [2.24, 2.45) is 5.73 Å². The fourth-order valence-electron chi connectivity index (χ4n) is 1.92. The number of methoxy groups -OCH3 is 2. The molecule has 2 N–H and O–H groups in total. The van der Waals surface area contributed by atoms with Crippen molar-refractivity contribution in [2.75, 3.05) is 20.0 Å². The molecular formula is C16H18FNO2S. The maximum absolute atomic E-state index is 13.1. The van der Waals surface area contributed by atoms with Crippen LogP contribution in [-0.4, -0.2) is 20.0 Å². The highest BCUT2D eigenvalue weighted by Crippen LogP contribution is 2.31. The summed E-state index contributed by atoms with van der Waals surface area (Å²) in [4.78, 5) is 0.867. The van der Waals surface area contributed by atoms with Crippen LogP contribution in [0.5, 0.6) is 11.5 Å². The van der Waals surface area contributed by atoms with Crippen LogP contribution in [0.4, 0.5) is 4.39 Å². The van der Waals surface area contributed by atoms with Gasteiger partial charge in [0.05, 0.1) is 14.2 Å². The molecule has 0 radical (unpaired) electrons. The molecule has 0 aromatic heterocycles. The van der Waals surface area contributed by atoms with Gasteiger partial charge in [-0.05, 0) is 35.9 Å². The van der Waals surface area contributed by atoms with E-state index >= 15 is 0 Å². The van der Waals surface area contributed by atoms with E-state index in [2.05, 4.69) is 0 Å². The molecule has 2 aromatic rings. The second-order valence-corrected chi connectivity index (χ2v) is 5.58. The van der Waals surface area contributed by atoms with Crippen LogP contribution in [0.2, 0.25) is 0 Å². The molecule has 0 amide bonds. The molecule has 0 spiro atoms. The first-order chi connectivity index (χ1) is 10.1. The molecule has 112 valence electrons. The maximum Gasteiger partial charge on any atom is 0.161 e. The largest absolute Gasteiger partial charge is 0.493 e. The number of halogens is 1. The highest BCUT2D eigenvalue weighted by molar-refractivity contribution is 7.99. The lowest BCUT2D eigenvalue weighted by atomic mass is 10.1. The number of hydrogen-bond donors (Lipinski definition) is 1. The van der Waals surface area contributed by atoms with Gasteiger partial charge in [-0.1, -0.05) is 12.1 Å². The lowest BCUT2D eigenvalue weighted by Gasteiger charge is -2.14. The van der Waals surface area contributed by atoms with E-state index in [4.69, 9.17) is 15.2 Å². The molecule has 3 nitrogen and oxygen atoms in total. The van der Waals surface area contributed by atoms with Crippen molar-refractivity contribution < 1.29 is 13.9 Å². The van der Waals surface area contributed by atoms with Crippen LogP contribution < -0.4 is 15.2 Å². The van der Waals surface area contributed by atoms with Gasteiger partial charge in [0, 0.05) is 16.7 Å². The van der Waals surface area contributed by atoms with E-state index in [1.165, 1.54) is 23.9 Å². The minimum absolute atomic E-state index is 0.168. The van der Waals surface area contributed by atoms with Crippen molar-refractivity contribution in [3.05, 3.63) is 53.8 Å². The van der Waals surface area contributed by atoms with E-state index in [1.54, 1.807) is 20.3 Å². The van der Waals surface area contributed by atoms with Gasteiger partial charge in [0.25, 0.3) is 0 Å². The number of hydrogen-bond acceptors (Lipinski definition) is 4. The standard InChI is InChI=1S/C16H18FNO2S/c1-19-15-7-6-11(8-16(15)20-2)14(18)10-21-13-5-3-4-12(17)9-13/h3-9,14H,10,18H2,1-2H3. The maximum atomic E-state index is 13.1. The Labute approximate surface area is 128 Å². The van der Waals surface area contributed by atoms with Gasteiger partial charge in [-0.15, -0.1) is 11.8 Å². The van der Waals surface area contributed by atoms with E-state index in [-0.39, 0.29) is 11.9 Å². The molecule has 1 unspecified atom stereocenters. The first-order valence-corrected chi connectivity index (χ1v) is 7.48. The third-order valence-electron chi connectivity index (χ3n) is 3.06. The predicted octanol–water partition coefficient (Wildman–Crippen LogP) is 3.64. The summed E-state index contributed by atoms with van der Waals surface area (Å²) < 4.78 is 23.6. The summed E-state index contributed by atoms with van der Waals surface area (Å²) in [7, 11) is 3.19. The molecule has 5 heteroatoms. The van der Waals surface area contributed by atoms with Crippen LogP contribution in [0.15, 0.2) is 47.4 Å². The Morgan fingerprint density at radius 3 is 2.52 bits per heavy atom. The SMILES string of the molecule is COc1ccc(C(N)CSc2cccc(F)c2)cc1OC. The first kappa shape index (κ1) is 15.7. The first-order valence-electron chi connectivity index (χ1n) is 6.50. The zero-order valence-electron chi connectivity index (χ0n) is 12.0. The van der Waals surface area contributed by atoms with Gasteiger partial charge >= 0.3 is 0 Å². The van der Waals surface area contributed by atoms with Crippen molar-refractivity contribution in [3.8, 4) is 11.5 Å². The number of thioether (sulfide) groups is 1. The Kier molecular flexibility index (Phi) is 5.47. The number of benzene rings is 2. The fourth-order valence-corrected chi connectivity index (χ4v) is 2.86. The third kappa shape index (κ3) is 4.12. The van der Waals surface area contributed by atoms with Gasteiger partial charge in [-0.2, -0.15) is 0 Å². The van der Waals surface area contributed by atoms with Crippen molar-refractivity contribution in [1.82, 2.24) is 0 Å². The summed E-state index contributed by atoms with van der Waals surface area (Å²) in [6.45, 7) is 0. The van der Waals surface area contributed by atoms with E-state index in [0.29, 0.717) is 17.3 Å². The zero-order valence-corrected chi connectivity index (χ0v) is 12.8. The molecular weight excluding hydrogens is 289 g/mol. The third-order valence-corrected chi connectivity index (χ3v) is 4.17. The summed E-state index contributed by atoms with van der Waals surface area (Å²) in [5, 5.41) is 0. The van der Waals surface area contributed by atoms with Crippen LogP contribution in [0, 0.1) is 5.82 Å². The summed E-state index contributed by atoms with van der Waals surface area (Å²) in [6, 6.07) is 12.0. The number of rotatable bonds is 6. The quantitative estimate of drug-likeness (QED) is 0.828. The summed E-state index contributed by atoms with van der Waals surface area (Å²) in [5.41, 5.74) is 7.14. The topological polar surface area (TPSA) is 44.5 Å². The Hall–Kier alpha value is -1.72. The van der Waals surface area contributed by atoms with Gasteiger partial charge in [-0.3, -0.25) is 0 Å². The average molecular weight is 307 g/mol. The van der Waals surface area contributed by atoms with E-state index in [0.717, 1.165) is 10.5 Å². The number of nitrogens with two attached hydrogens (primary N) is 1. The Balaban J connectivity index is 2.04. The molecule has 0 fully saturated rings. The molecule has 0 aliphatic heterocycles. The van der Waals surface area contributed by atoms with Gasteiger partial charge in [0.2, 0.25) is 0 Å². The Bertz CT molecular complexity index is 607. The van der Waals surface area contributed by atoms with Gasteiger partial charge in [-0.25, -0.2) is 4.39 Å². The van der Waals surface area contributed by atoms with Crippen molar-refractivity contribution in [3.63, 3.8) is 0 Å². The molecule has 1 atom stereocenters. The van der Waals surface area contributed by atoms with Gasteiger partial charge in [0.1, 0.15) is 5.82 Å². The Morgan fingerprint density at radius 1 is 1.10 bits per heavy atom. The molecule has 2 rings (SSSR count). The molecule has 21 heavy (non-hydrogen) atoms. The van der Waals surface area contributed by atoms with Crippen molar-refractivity contribution in [1.29, 1.82) is 0 Å².